The fourth-order valence-electron chi connectivity index (χ4n) is 4.81. The molecule has 198 valence electrons. The predicted molar refractivity (Wildman–Crippen MR) is 140 cm³/mol. The summed E-state index contributed by atoms with van der Waals surface area (Å²) in [6.45, 7) is 3.42. The molecule has 1 heterocycles. The van der Waals surface area contributed by atoms with Gasteiger partial charge in [0.05, 0.1) is 18.2 Å². The third kappa shape index (κ3) is 5.36. The lowest BCUT2D eigenvalue weighted by molar-refractivity contribution is -0.138. The first kappa shape index (κ1) is 27.1. The Morgan fingerprint density at radius 3 is 2.29 bits per heavy atom. The van der Waals surface area contributed by atoms with Gasteiger partial charge < -0.3 is 15.0 Å². The summed E-state index contributed by atoms with van der Waals surface area (Å²) in [5, 5.41) is 0. The van der Waals surface area contributed by atoms with Crippen LogP contribution in [0.4, 0.5) is 17.6 Å². The summed E-state index contributed by atoms with van der Waals surface area (Å²) in [5.74, 6) is -0.440. The highest BCUT2D eigenvalue weighted by atomic mass is 19.4. The SMILES string of the molecule is COc1cccc(-c2c(C)c(Cc3c(F)cccc3C(F)(F)F)c(C)n(CC(N)c3ccccc3)c2=O)c1. The number of hydrogen-bond donors (Lipinski definition) is 1. The molecule has 2 N–H and O–H groups in total. The van der Waals surface area contributed by atoms with Crippen molar-refractivity contribution in [1.29, 1.82) is 0 Å². The molecule has 0 amide bonds. The van der Waals surface area contributed by atoms with Crippen LogP contribution in [0.15, 0.2) is 77.6 Å². The average molecular weight is 525 g/mol. The van der Waals surface area contributed by atoms with Gasteiger partial charge in [0.15, 0.2) is 0 Å². The quantitative estimate of drug-likeness (QED) is 0.278. The van der Waals surface area contributed by atoms with E-state index in [9.17, 15) is 22.4 Å². The van der Waals surface area contributed by atoms with Gasteiger partial charge in [-0.05, 0) is 60.4 Å². The van der Waals surface area contributed by atoms with Gasteiger partial charge in [0.2, 0.25) is 0 Å². The van der Waals surface area contributed by atoms with E-state index in [1.54, 1.807) is 38.1 Å². The Labute approximate surface area is 218 Å². The van der Waals surface area contributed by atoms with Crippen molar-refractivity contribution in [2.45, 2.75) is 39.0 Å². The molecule has 0 bridgehead atoms. The summed E-state index contributed by atoms with van der Waals surface area (Å²) < 4.78 is 63.1. The molecule has 1 unspecified atom stereocenters. The molecule has 4 aromatic rings. The van der Waals surface area contributed by atoms with E-state index in [2.05, 4.69) is 0 Å². The second kappa shape index (κ2) is 10.8. The molecule has 4 nitrogen and oxygen atoms in total. The zero-order valence-electron chi connectivity index (χ0n) is 21.3. The van der Waals surface area contributed by atoms with Crippen LogP contribution in [0.25, 0.3) is 11.1 Å². The van der Waals surface area contributed by atoms with E-state index >= 15 is 0 Å². The molecule has 38 heavy (non-hydrogen) atoms. The van der Waals surface area contributed by atoms with E-state index in [0.717, 1.165) is 23.8 Å². The summed E-state index contributed by atoms with van der Waals surface area (Å²) in [4.78, 5) is 13.9. The molecule has 0 radical (unpaired) electrons. The van der Waals surface area contributed by atoms with Crippen LogP contribution in [0.1, 0.15) is 39.6 Å². The summed E-state index contributed by atoms with van der Waals surface area (Å²) in [6, 6.07) is 18.5. The van der Waals surface area contributed by atoms with Crippen molar-refractivity contribution in [3.63, 3.8) is 0 Å². The molecular weight excluding hydrogens is 496 g/mol. The Bertz CT molecular complexity index is 1510. The first-order chi connectivity index (χ1) is 18.0. The smallest absolute Gasteiger partial charge is 0.416 e. The number of halogens is 4. The normalized spacial score (nSPS) is 12.4. The molecule has 3 aromatic carbocycles. The highest BCUT2D eigenvalue weighted by Crippen LogP contribution is 2.36. The van der Waals surface area contributed by atoms with E-state index in [4.69, 9.17) is 10.5 Å². The van der Waals surface area contributed by atoms with E-state index in [-0.39, 0.29) is 18.5 Å². The lowest BCUT2D eigenvalue weighted by Crippen LogP contribution is -2.31. The maximum Gasteiger partial charge on any atom is 0.416 e. The van der Waals surface area contributed by atoms with Crippen molar-refractivity contribution in [2.24, 2.45) is 5.73 Å². The van der Waals surface area contributed by atoms with Gasteiger partial charge in [0.25, 0.3) is 5.56 Å². The number of nitrogens with zero attached hydrogens (tertiary/aromatic N) is 1. The third-order valence-electron chi connectivity index (χ3n) is 6.87. The van der Waals surface area contributed by atoms with Gasteiger partial charge in [0, 0.05) is 30.3 Å². The fourth-order valence-corrected chi connectivity index (χ4v) is 4.81. The first-order valence-corrected chi connectivity index (χ1v) is 12.0. The van der Waals surface area contributed by atoms with Crippen LogP contribution in [0.3, 0.4) is 0 Å². The Balaban J connectivity index is 1.96. The van der Waals surface area contributed by atoms with Gasteiger partial charge in [-0.15, -0.1) is 0 Å². The standard InChI is InChI=1S/C30H28F4N2O2/c1-18-23(16-24-25(30(32,33)34)13-8-14-26(24)31)19(2)36(17-27(35)20-9-5-4-6-10-20)29(37)28(18)21-11-7-12-22(15-21)38-3/h4-15,27H,16-17,35H2,1-3H3. The van der Waals surface area contributed by atoms with Gasteiger partial charge >= 0.3 is 6.18 Å². The largest absolute Gasteiger partial charge is 0.497 e. The number of hydrogen-bond acceptors (Lipinski definition) is 3. The number of pyridine rings is 1. The molecule has 1 aromatic heterocycles. The molecule has 0 aliphatic carbocycles. The number of rotatable bonds is 7. The highest BCUT2D eigenvalue weighted by Gasteiger charge is 2.35. The molecule has 4 rings (SSSR count). The van der Waals surface area contributed by atoms with Gasteiger partial charge in [-0.1, -0.05) is 48.5 Å². The maximum absolute atomic E-state index is 14.9. The number of methoxy groups -OCH3 is 1. The number of nitrogens with two attached hydrogens (primary N) is 1. The lowest BCUT2D eigenvalue weighted by Gasteiger charge is -2.24. The topological polar surface area (TPSA) is 57.2 Å². The van der Waals surface area contributed by atoms with E-state index in [0.29, 0.717) is 33.7 Å². The molecule has 8 heteroatoms. The average Bonchev–Trinajstić information content (AvgIpc) is 2.89. The maximum atomic E-state index is 14.9. The monoisotopic (exact) mass is 524 g/mol. The minimum absolute atomic E-state index is 0.0856. The van der Waals surface area contributed by atoms with E-state index in [1.807, 2.05) is 30.3 Å². The second-order valence-electron chi connectivity index (χ2n) is 9.17. The van der Waals surface area contributed by atoms with Crippen LogP contribution in [-0.2, 0) is 19.1 Å². The summed E-state index contributed by atoms with van der Waals surface area (Å²) >= 11 is 0. The van der Waals surface area contributed by atoms with Crippen molar-refractivity contribution < 1.29 is 22.3 Å². The minimum atomic E-state index is -4.74. The van der Waals surface area contributed by atoms with Gasteiger partial charge in [-0.25, -0.2) is 4.39 Å². The third-order valence-corrected chi connectivity index (χ3v) is 6.87. The van der Waals surface area contributed by atoms with Crippen LogP contribution >= 0.6 is 0 Å². The van der Waals surface area contributed by atoms with Crippen LogP contribution in [0.5, 0.6) is 5.75 Å². The first-order valence-electron chi connectivity index (χ1n) is 12.0. The van der Waals surface area contributed by atoms with Crippen molar-refractivity contribution in [1.82, 2.24) is 4.57 Å². The molecule has 0 aliphatic heterocycles. The highest BCUT2D eigenvalue weighted by molar-refractivity contribution is 5.70. The zero-order chi connectivity index (χ0) is 27.6. The molecule has 0 saturated heterocycles. The van der Waals surface area contributed by atoms with Crippen LogP contribution in [0, 0.1) is 19.7 Å². The number of ether oxygens (including phenoxy) is 1. The minimum Gasteiger partial charge on any atom is -0.497 e. The van der Waals surface area contributed by atoms with Gasteiger partial charge in [-0.3, -0.25) is 4.79 Å². The van der Waals surface area contributed by atoms with Crippen molar-refractivity contribution >= 4 is 0 Å². The Morgan fingerprint density at radius 1 is 0.947 bits per heavy atom. The lowest BCUT2D eigenvalue weighted by atomic mass is 9.90. The van der Waals surface area contributed by atoms with Crippen LogP contribution in [0.2, 0.25) is 0 Å². The number of alkyl halides is 3. The molecular formula is C30H28F4N2O2. The summed E-state index contributed by atoms with van der Waals surface area (Å²) in [6.07, 6.45) is -5.09. The van der Waals surface area contributed by atoms with E-state index < -0.39 is 29.2 Å². The fraction of sp³-hybridized carbons (Fsp3) is 0.233. The van der Waals surface area contributed by atoms with Gasteiger partial charge in [-0.2, -0.15) is 13.2 Å². The van der Waals surface area contributed by atoms with Crippen LogP contribution in [-0.4, -0.2) is 11.7 Å². The zero-order valence-corrected chi connectivity index (χ0v) is 21.3. The summed E-state index contributed by atoms with van der Waals surface area (Å²) in [5.41, 5.74) is 7.58. The van der Waals surface area contributed by atoms with Crippen molar-refractivity contribution in [3.8, 4) is 16.9 Å². The predicted octanol–water partition coefficient (Wildman–Crippen LogP) is 6.59. The Morgan fingerprint density at radius 2 is 1.63 bits per heavy atom. The molecule has 1 atom stereocenters. The number of aromatic nitrogens is 1. The second-order valence-corrected chi connectivity index (χ2v) is 9.17. The van der Waals surface area contributed by atoms with Crippen LogP contribution < -0.4 is 16.0 Å². The Hall–Kier alpha value is -3.91. The van der Waals surface area contributed by atoms with Gasteiger partial charge in [0.1, 0.15) is 11.6 Å². The molecule has 0 spiro atoms. The Kier molecular flexibility index (Phi) is 7.73. The molecule has 0 fully saturated rings. The van der Waals surface area contributed by atoms with E-state index in [1.165, 1.54) is 11.7 Å². The molecule has 0 saturated carbocycles. The molecule has 0 aliphatic rings. The number of benzene rings is 3. The summed E-state index contributed by atoms with van der Waals surface area (Å²) in [7, 11) is 1.50. The van der Waals surface area contributed by atoms with Crippen molar-refractivity contribution in [2.75, 3.05) is 7.11 Å². The van der Waals surface area contributed by atoms with Crippen molar-refractivity contribution in [3.05, 3.63) is 122 Å².